The van der Waals surface area contributed by atoms with Crippen LogP contribution in [0, 0.1) is 11.3 Å². The molecule has 2 aromatic carbocycles. The lowest BCUT2D eigenvalue weighted by molar-refractivity contribution is -0.129. The molecule has 0 aliphatic heterocycles. The Bertz CT molecular complexity index is 706. The smallest absolute Gasteiger partial charge is 0.223 e. The van der Waals surface area contributed by atoms with Crippen molar-refractivity contribution < 1.29 is 9.53 Å². The van der Waals surface area contributed by atoms with Crippen molar-refractivity contribution in [3.63, 3.8) is 0 Å². The first-order valence-electron chi connectivity index (χ1n) is 7.62. The van der Waals surface area contributed by atoms with Crippen molar-refractivity contribution in [3.8, 4) is 11.8 Å². The number of rotatable bonds is 7. The van der Waals surface area contributed by atoms with Crippen LogP contribution in [0.4, 0.5) is 0 Å². The fourth-order valence-corrected chi connectivity index (χ4v) is 3.01. The van der Waals surface area contributed by atoms with Crippen molar-refractivity contribution in [1.29, 1.82) is 5.26 Å². The van der Waals surface area contributed by atoms with Crippen molar-refractivity contribution in [3.05, 3.63) is 59.7 Å². The van der Waals surface area contributed by atoms with Crippen LogP contribution in [0.5, 0.6) is 5.75 Å². The van der Waals surface area contributed by atoms with Crippen molar-refractivity contribution in [1.82, 2.24) is 4.90 Å². The Morgan fingerprint density at radius 3 is 2.42 bits per heavy atom. The minimum absolute atomic E-state index is 0.111. The molecule has 0 fully saturated rings. The van der Waals surface area contributed by atoms with Gasteiger partial charge in [0.25, 0.3) is 0 Å². The van der Waals surface area contributed by atoms with Crippen LogP contribution in [0.2, 0.25) is 0 Å². The van der Waals surface area contributed by atoms with Crippen LogP contribution < -0.4 is 4.74 Å². The molecular weight excluding hydrogens is 320 g/mol. The summed E-state index contributed by atoms with van der Waals surface area (Å²) in [6.45, 7) is 0.553. The molecule has 5 heteroatoms. The Morgan fingerprint density at radius 2 is 1.83 bits per heavy atom. The summed E-state index contributed by atoms with van der Waals surface area (Å²) in [6, 6.07) is 17.2. The van der Waals surface area contributed by atoms with E-state index in [9.17, 15) is 4.79 Å². The van der Waals surface area contributed by atoms with Gasteiger partial charge in [0.05, 0.1) is 18.7 Å². The highest BCUT2D eigenvalue weighted by atomic mass is 32.2. The third-order valence-corrected chi connectivity index (χ3v) is 4.59. The third-order valence-electron chi connectivity index (χ3n) is 3.57. The number of benzene rings is 2. The highest BCUT2D eigenvalue weighted by Crippen LogP contribution is 2.22. The molecule has 124 valence electrons. The first kappa shape index (κ1) is 17.9. The number of hydrogen-bond acceptors (Lipinski definition) is 4. The number of carbonyl (C=O) groups is 1. The molecule has 0 saturated heterocycles. The lowest BCUT2D eigenvalue weighted by atomic mass is 10.1. The molecule has 0 saturated carbocycles. The maximum atomic E-state index is 12.2. The molecule has 0 aliphatic carbocycles. The van der Waals surface area contributed by atoms with E-state index < -0.39 is 0 Å². The first-order chi connectivity index (χ1) is 11.6. The van der Waals surface area contributed by atoms with Crippen LogP contribution in [0.1, 0.15) is 17.5 Å². The first-order valence-corrected chi connectivity index (χ1v) is 8.61. The molecule has 0 unspecified atom stereocenters. The number of methoxy groups -OCH3 is 1. The highest BCUT2D eigenvalue weighted by molar-refractivity contribution is 7.99. The van der Waals surface area contributed by atoms with E-state index in [1.54, 1.807) is 43.0 Å². The van der Waals surface area contributed by atoms with Crippen molar-refractivity contribution in [2.24, 2.45) is 0 Å². The molecule has 0 N–H and O–H groups in total. The maximum Gasteiger partial charge on any atom is 0.223 e. The van der Waals surface area contributed by atoms with Gasteiger partial charge >= 0.3 is 0 Å². The molecule has 2 rings (SSSR count). The molecule has 0 bridgehead atoms. The van der Waals surface area contributed by atoms with Gasteiger partial charge in [-0.2, -0.15) is 5.26 Å². The standard InChI is InChI=1S/C19H20N2O2S/c1-21(14-16-5-3-15(13-20)4-6-16)19(22)11-12-24-18-9-7-17(23-2)8-10-18/h3-10H,11-12,14H2,1-2H3. The van der Waals surface area contributed by atoms with E-state index in [1.807, 2.05) is 36.4 Å². The van der Waals surface area contributed by atoms with E-state index in [0.717, 1.165) is 22.0 Å². The summed E-state index contributed by atoms with van der Waals surface area (Å²) in [6.07, 6.45) is 0.490. The van der Waals surface area contributed by atoms with Gasteiger partial charge in [0, 0.05) is 30.7 Å². The van der Waals surface area contributed by atoms with E-state index in [0.29, 0.717) is 18.5 Å². The lowest BCUT2D eigenvalue weighted by Crippen LogP contribution is -2.26. The summed E-state index contributed by atoms with van der Waals surface area (Å²) in [5.74, 6) is 1.68. The van der Waals surface area contributed by atoms with Crippen molar-refractivity contribution >= 4 is 17.7 Å². The average Bonchev–Trinajstić information content (AvgIpc) is 2.62. The summed E-state index contributed by atoms with van der Waals surface area (Å²) in [4.78, 5) is 15.0. The third kappa shape index (κ3) is 5.32. The van der Waals surface area contributed by atoms with Crippen LogP contribution in [0.25, 0.3) is 0 Å². The molecule has 24 heavy (non-hydrogen) atoms. The zero-order valence-electron chi connectivity index (χ0n) is 13.9. The topological polar surface area (TPSA) is 53.3 Å². The average molecular weight is 340 g/mol. The number of hydrogen-bond donors (Lipinski definition) is 0. The number of amides is 1. The molecule has 0 radical (unpaired) electrons. The van der Waals surface area contributed by atoms with Crippen LogP contribution in [0.15, 0.2) is 53.4 Å². The lowest BCUT2D eigenvalue weighted by Gasteiger charge is -2.17. The normalized spacial score (nSPS) is 10.0. The van der Waals surface area contributed by atoms with Crippen LogP contribution in [-0.4, -0.2) is 30.7 Å². The van der Waals surface area contributed by atoms with Gasteiger partial charge in [-0.15, -0.1) is 11.8 Å². The van der Waals surface area contributed by atoms with E-state index in [1.165, 1.54) is 0 Å². The zero-order chi connectivity index (χ0) is 17.4. The largest absolute Gasteiger partial charge is 0.497 e. The monoisotopic (exact) mass is 340 g/mol. The van der Waals surface area contributed by atoms with E-state index in [-0.39, 0.29) is 5.91 Å². The fraction of sp³-hybridized carbons (Fsp3) is 0.263. The molecule has 0 spiro atoms. The molecular formula is C19H20N2O2S. The molecule has 1 amide bonds. The molecule has 0 heterocycles. The Kier molecular flexibility index (Phi) is 6.71. The van der Waals surface area contributed by atoms with Gasteiger partial charge in [0.15, 0.2) is 0 Å². The molecule has 0 atom stereocenters. The van der Waals surface area contributed by atoms with Crippen LogP contribution in [-0.2, 0) is 11.3 Å². The predicted octanol–water partition coefficient (Wildman–Crippen LogP) is 3.71. The van der Waals surface area contributed by atoms with Gasteiger partial charge < -0.3 is 9.64 Å². The molecule has 4 nitrogen and oxygen atoms in total. The maximum absolute atomic E-state index is 12.2. The van der Waals surface area contributed by atoms with Crippen LogP contribution >= 0.6 is 11.8 Å². The van der Waals surface area contributed by atoms with Gasteiger partial charge in [-0.3, -0.25) is 4.79 Å². The fourth-order valence-electron chi connectivity index (χ4n) is 2.17. The van der Waals surface area contributed by atoms with Crippen LogP contribution in [0.3, 0.4) is 0 Å². The summed E-state index contributed by atoms with van der Waals surface area (Å²) >= 11 is 1.66. The Balaban J connectivity index is 1.77. The number of nitriles is 1. The van der Waals surface area contributed by atoms with E-state index in [4.69, 9.17) is 10.00 Å². The number of carbonyl (C=O) groups excluding carboxylic acids is 1. The van der Waals surface area contributed by atoms with Crippen molar-refractivity contribution in [2.75, 3.05) is 19.9 Å². The highest BCUT2D eigenvalue weighted by Gasteiger charge is 2.09. The number of thioether (sulfide) groups is 1. The van der Waals surface area contributed by atoms with Gasteiger partial charge in [-0.1, -0.05) is 12.1 Å². The van der Waals surface area contributed by atoms with Crippen molar-refractivity contribution in [2.45, 2.75) is 17.9 Å². The SMILES string of the molecule is COc1ccc(SCCC(=O)N(C)Cc2ccc(C#N)cc2)cc1. The minimum atomic E-state index is 0.111. The zero-order valence-corrected chi connectivity index (χ0v) is 14.7. The van der Waals surface area contributed by atoms with E-state index in [2.05, 4.69) is 6.07 Å². The molecule has 2 aromatic rings. The van der Waals surface area contributed by atoms with Gasteiger partial charge in [0.2, 0.25) is 5.91 Å². The number of ether oxygens (including phenoxy) is 1. The second kappa shape index (κ2) is 8.99. The van der Waals surface area contributed by atoms with Gasteiger partial charge in [0.1, 0.15) is 5.75 Å². The Morgan fingerprint density at radius 1 is 1.17 bits per heavy atom. The second-order valence-corrected chi connectivity index (χ2v) is 6.50. The van der Waals surface area contributed by atoms with Gasteiger partial charge in [-0.25, -0.2) is 0 Å². The van der Waals surface area contributed by atoms with E-state index >= 15 is 0 Å². The second-order valence-electron chi connectivity index (χ2n) is 5.33. The summed E-state index contributed by atoms with van der Waals surface area (Å²) < 4.78 is 5.13. The predicted molar refractivity (Wildman–Crippen MR) is 96.0 cm³/mol. The van der Waals surface area contributed by atoms with Gasteiger partial charge in [-0.05, 0) is 42.0 Å². The number of nitrogens with zero attached hydrogens (tertiary/aromatic N) is 2. The summed E-state index contributed by atoms with van der Waals surface area (Å²) in [5.41, 5.74) is 1.65. The Hall–Kier alpha value is -2.45. The molecule has 0 aliphatic rings. The minimum Gasteiger partial charge on any atom is -0.497 e. The summed E-state index contributed by atoms with van der Waals surface area (Å²) in [7, 11) is 3.45. The quantitative estimate of drug-likeness (QED) is 0.721. The molecule has 0 aromatic heterocycles. The Labute approximate surface area is 147 Å². The summed E-state index contributed by atoms with van der Waals surface area (Å²) in [5, 5.41) is 8.80.